The molecule has 4 aromatic rings. The van der Waals surface area contributed by atoms with Crippen molar-refractivity contribution in [1.29, 1.82) is 0 Å². The van der Waals surface area contributed by atoms with E-state index in [9.17, 15) is 9.59 Å². The summed E-state index contributed by atoms with van der Waals surface area (Å²) in [6.45, 7) is 0. The van der Waals surface area contributed by atoms with Crippen LogP contribution < -0.4 is 15.0 Å². The van der Waals surface area contributed by atoms with Gasteiger partial charge in [-0.3, -0.25) is 4.79 Å². The number of methoxy groups -OCH3 is 1. The van der Waals surface area contributed by atoms with Gasteiger partial charge in [-0.2, -0.15) is 9.78 Å². The van der Waals surface area contributed by atoms with Crippen molar-refractivity contribution in [1.82, 2.24) is 9.66 Å². The van der Waals surface area contributed by atoms with E-state index in [1.54, 1.807) is 47.9 Å². The topological polar surface area (TPSA) is 82.8 Å². The van der Waals surface area contributed by atoms with Gasteiger partial charge in [-0.25, -0.2) is 9.78 Å². The highest BCUT2D eigenvalue weighted by atomic mass is 32.1. The van der Waals surface area contributed by atoms with Crippen LogP contribution in [-0.2, 0) is 12.8 Å². The number of hydrogen-bond acceptors (Lipinski definition) is 8. The lowest BCUT2D eigenvalue weighted by Gasteiger charge is -2.10. The molecular weight excluding hydrogens is 446 g/mol. The average molecular weight is 466 g/mol. The second-order valence-corrected chi connectivity index (χ2v) is 9.34. The Morgan fingerprint density at radius 2 is 2.09 bits per heavy atom. The monoisotopic (exact) mass is 465 g/mol. The normalized spacial score (nSPS) is 13.4. The first kappa shape index (κ1) is 20.6. The molecular formula is C23H19N3O4S2. The molecule has 32 heavy (non-hydrogen) atoms. The maximum absolute atomic E-state index is 13.0. The molecule has 1 aromatic carbocycles. The predicted octanol–water partition coefficient (Wildman–Crippen LogP) is 4.51. The van der Waals surface area contributed by atoms with E-state index in [0.717, 1.165) is 36.1 Å². The number of aryl methyl sites for hydroxylation is 2. The zero-order valence-electron chi connectivity index (χ0n) is 17.2. The fourth-order valence-corrected chi connectivity index (χ4v) is 5.56. The van der Waals surface area contributed by atoms with Crippen molar-refractivity contribution in [2.45, 2.75) is 25.7 Å². The molecule has 0 saturated heterocycles. The Kier molecular flexibility index (Phi) is 5.59. The first-order chi connectivity index (χ1) is 15.6. The number of carbonyl (C=O) groups excluding carboxylic acids is 1. The van der Waals surface area contributed by atoms with Crippen LogP contribution in [0.2, 0.25) is 0 Å². The van der Waals surface area contributed by atoms with Crippen molar-refractivity contribution in [3.8, 4) is 11.5 Å². The van der Waals surface area contributed by atoms with E-state index in [-0.39, 0.29) is 5.56 Å². The molecule has 0 saturated carbocycles. The summed E-state index contributed by atoms with van der Waals surface area (Å²) in [6.07, 6.45) is 7.20. The Balaban J connectivity index is 1.42. The van der Waals surface area contributed by atoms with Gasteiger partial charge in [-0.05, 0) is 66.5 Å². The number of carbonyl (C=O) groups is 1. The van der Waals surface area contributed by atoms with Crippen LogP contribution in [0.4, 0.5) is 0 Å². The summed E-state index contributed by atoms with van der Waals surface area (Å²) >= 11 is 2.92. The second kappa shape index (κ2) is 8.68. The summed E-state index contributed by atoms with van der Waals surface area (Å²) in [5, 5.41) is 6.83. The number of benzene rings is 1. The summed E-state index contributed by atoms with van der Waals surface area (Å²) in [4.78, 5) is 32.3. The minimum absolute atomic E-state index is 0.154. The molecule has 0 aliphatic heterocycles. The van der Waals surface area contributed by atoms with Crippen LogP contribution in [0.1, 0.15) is 38.5 Å². The predicted molar refractivity (Wildman–Crippen MR) is 126 cm³/mol. The molecule has 0 N–H and O–H groups in total. The third-order valence-electron chi connectivity index (χ3n) is 5.30. The van der Waals surface area contributed by atoms with Crippen molar-refractivity contribution in [2.24, 2.45) is 5.10 Å². The van der Waals surface area contributed by atoms with Gasteiger partial charge < -0.3 is 9.47 Å². The van der Waals surface area contributed by atoms with Crippen molar-refractivity contribution in [2.75, 3.05) is 7.11 Å². The van der Waals surface area contributed by atoms with Gasteiger partial charge in [0, 0.05) is 4.88 Å². The zero-order valence-corrected chi connectivity index (χ0v) is 18.9. The molecule has 0 fully saturated rings. The van der Waals surface area contributed by atoms with Gasteiger partial charge in [0.25, 0.3) is 5.56 Å². The Morgan fingerprint density at radius 3 is 2.91 bits per heavy atom. The number of rotatable bonds is 5. The lowest BCUT2D eigenvalue weighted by Crippen LogP contribution is -2.18. The lowest BCUT2D eigenvalue weighted by molar-refractivity contribution is 0.0735. The van der Waals surface area contributed by atoms with Crippen LogP contribution in [0.25, 0.3) is 10.2 Å². The van der Waals surface area contributed by atoms with E-state index in [4.69, 9.17) is 9.47 Å². The Labute approximate surface area is 191 Å². The fraction of sp³-hybridized carbons (Fsp3) is 0.217. The van der Waals surface area contributed by atoms with Crippen LogP contribution in [0.5, 0.6) is 11.5 Å². The maximum Gasteiger partial charge on any atom is 0.353 e. The van der Waals surface area contributed by atoms with Crippen LogP contribution in [0, 0.1) is 0 Å². The minimum Gasteiger partial charge on any atom is -0.493 e. The number of hydrogen-bond donors (Lipinski definition) is 0. The molecule has 1 aliphatic carbocycles. The van der Waals surface area contributed by atoms with Crippen LogP contribution in [0.15, 0.2) is 51.9 Å². The SMILES string of the molecule is COc1cc(/C=N\n2cnc3sc4c(c3c2=O)CCCC4)ccc1OC(=O)c1cccs1. The van der Waals surface area contributed by atoms with Gasteiger partial charge in [0.05, 0.1) is 18.7 Å². The quantitative estimate of drug-likeness (QED) is 0.246. The fourth-order valence-electron chi connectivity index (χ4n) is 3.74. The largest absolute Gasteiger partial charge is 0.493 e. The van der Waals surface area contributed by atoms with Gasteiger partial charge in [-0.15, -0.1) is 22.7 Å². The first-order valence-corrected chi connectivity index (χ1v) is 11.8. The van der Waals surface area contributed by atoms with Crippen LogP contribution in [0.3, 0.4) is 0 Å². The van der Waals surface area contributed by atoms with E-state index in [1.165, 1.54) is 34.3 Å². The molecule has 162 valence electrons. The summed E-state index contributed by atoms with van der Waals surface area (Å²) < 4.78 is 12.1. The number of aromatic nitrogens is 2. The minimum atomic E-state index is -0.440. The molecule has 0 atom stereocenters. The third kappa shape index (κ3) is 3.85. The number of thiophene rings is 2. The highest BCUT2D eigenvalue weighted by Gasteiger charge is 2.20. The molecule has 1 aliphatic rings. The molecule has 0 spiro atoms. The molecule has 9 heteroatoms. The summed E-state index contributed by atoms with van der Waals surface area (Å²) in [7, 11) is 1.50. The van der Waals surface area contributed by atoms with Crippen molar-refractivity contribution in [3.63, 3.8) is 0 Å². The van der Waals surface area contributed by atoms with Crippen LogP contribution >= 0.6 is 22.7 Å². The average Bonchev–Trinajstić information content (AvgIpc) is 3.47. The van der Waals surface area contributed by atoms with E-state index >= 15 is 0 Å². The lowest BCUT2D eigenvalue weighted by atomic mass is 9.97. The smallest absolute Gasteiger partial charge is 0.353 e. The van der Waals surface area contributed by atoms with Gasteiger partial charge in [0.15, 0.2) is 11.5 Å². The molecule has 3 heterocycles. The Bertz CT molecular complexity index is 1390. The molecule has 3 aromatic heterocycles. The zero-order chi connectivity index (χ0) is 22.1. The maximum atomic E-state index is 13.0. The van der Waals surface area contributed by atoms with E-state index < -0.39 is 5.97 Å². The van der Waals surface area contributed by atoms with E-state index in [1.807, 2.05) is 5.38 Å². The standard InChI is InChI=1S/C23H19N3O4S2/c1-29-17-11-14(8-9-16(17)30-23(28)19-7-4-10-31-19)12-25-26-13-24-21-20(22(26)27)15-5-2-3-6-18(15)32-21/h4,7-13H,2-3,5-6H2,1H3/b25-12-. The number of esters is 1. The molecule has 7 nitrogen and oxygen atoms in total. The number of fused-ring (bicyclic) bond motifs is 3. The molecule has 0 amide bonds. The van der Waals surface area contributed by atoms with Crippen molar-refractivity contribution >= 4 is 45.1 Å². The molecule has 5 rings (SSSR count). The van der Waals surface area contributed by atoms with Gasteiger partial charge in [-0.1, -0.05) is 6.07 Å². The molecule has 0 unspecified atom stereocenters. The van der Waals surface area contributed by atoms with Gasteiger partial charge in [0.2, 0.25) is 0 Å². The first-order valence-electron chi connectivity index (χ1n) is 10.1. The number of nitrogens with zero attached hydrogens (tertiary/aromatic N) is 3. The highest BCUT2D eigenvalue weighted by molar-refractivity contribution is 7.18. The molecule has 0 bridgehead atoms. The van der Waals surface area contributed by atoms with Crippen molar-refractivity contribution in [3.05, 3.63) is 73.3 Å². The Hall–Kier alpha value is -3.30. The van der Waals surface area contributed by atoms with E-state index in [2.05, 4.69) is 10.1 Å². The second-order valence-electron chi connectivity index (χ2n) is 7.31. The van der Waals surface area contributed by atoms with Crippen molar-refractivity contribution < 1.29 is 14.3 Å². The Morgan fingerprint density at radius 1 is 1.22 bits per heavy atom. The summed E-state index contributed by atoms with van der Waals surface area (Å²) in [5.41, 5.74) is 1.67. The number of ether oxygens (including phenoxy) is 2. The summed E-state index contributed by atoms with van der Waals surface area (Å²) in [5.74, 6) is 0.268. The van der Waals surface area contributed by atoms with E-state index in [0.29, 0.717) is 27.3 Å². The van der Waals surface area contributed by atoms with Crippen LogP contribution in [-0.4, -0.2) is 29.0 Å². The third-order valence-corrected chi connectivity index (χ3v) is 7.35. The van der Waals surface area contributed by atoms with Gasteiger partial charge in [0.1, 0.15) is 16.0 Å². The van der Waals surface area contributed by atoms with Gasteiger partial charge >= 0.3 is 5.97 Å². The summed E-state index contributed by atoms with van der Waals surface area (Å²) in [6, 6.07) is 8.58. The highest BCUT2D eigenvalue weighted by Crippen LogP contribution is 2.33. The molecule has 0 radical (unpaired) electrons.